The summed E-state index contributed by atoms with van der Waals surface area (Å²) >= 11 is 6.16. The lowest BCUT2D eigenvalue weighted by molar-refractivity contribution is -0.141. The molecule has 9 nitrogen and oxygen atoms in total. The predicted molar refractivity (Wildman–Crippen MR) is 130 cm³/mol. The second-order valence-electron chi connectivity index (χ2n) is 8.58. The van der Waals surface area contributed by atoms with Gasteiger partial charge in [0.25, 0.3) is 5.92 Å². The minimum Gasteiger partial charge on any atom is -0.481 e. The van der Waals surface area contributed by atoms with Crippen LogP contribution in [0.25, 0.3) is 11.3 Å². The van der Waals surface area contributed by atoms with Gasteiger partial charge in [0.05, 0.1) is 0 Å². The first-order valence-corrected chi connectivity index (χ1v) is 11.5. The number of aromatic nitrogens is 1. The van der Waals surface area contributed by atoms with Gasteiger partial charge in [-0.05, 0) is 44.2 Å². The molecule has 1 fully saturated rings. The summed E-state index contributed by atoms with van der Waals surface area (Å²) in [6, 6.07) is 13.0. The summed E-state index contributed by atoms with van der Waals surface area (Å²) in [6.45, 7) is 3.30. The van der Waals surface area contributed by atoms with E-state index in [2.05, 4.69) is 10.5 Å². The Kier molecular flexibility index (Phi) is 6.92. The van der Waals surface area contributed by atoms with Crippen molar-refractivity contribution in [2.75, 3.05) is 17.3 Å². The van der Waals surface area contributed by atoms with Crippen LogP contribution in [0.2, 0.25) is 5.02 Å². The standard InChI is InChI=1S/C25H22ClF2N3O6/c1-12-20(29-24(35)36-13(2)16-6-4-5-7-17(16)26)21(37-30-12)14-8-10-15(11-9-14)31(3)22(32)18-19(23(33)34)25(18,27)28/h4-11,13,18-19H,1-3H3,(H,29,35)(H,33,34)/t13-,18-,19-/m1/s1. The number of carboxylic acid groups (broad SMARTS) is 1. The number of ether oxygens (including phenoxy) is 1. The van der Waals surface area contributed by atoms with Crippen LogP contribution in [0.1, 0.15) is 24.3 Å². The molecule has 1 aliphatic rings. The van der Waals surface area contributed by atoms with Gasteiger partial charge in [0.15, 0.2) is 5.76 Å². The highest BCUT2D eigenvalue weighted by Crippen LogP contribution is 2.56. The van der Waals surface area contributed by atoms with E-state index in [0.29, 0.717) is 21.8 Å². The number of benzene rings is 2. The molecule has 0 unspecified atom stereocenters. The van der Waals surface area contributed by atoms with Crippen LogP contribution >= 0.6 is 11.6 Å². The molecule has 2 aromatic carbocycles. The number of carbonyl (C=O) groups excluding carboxylic acids is 2. The number of carboxylic acids is 1. The fourth-order valence-electron chi connectivity index (χ4n) is 3.99. The van der Waals surface area contributed by atoms with E-state index in [1.165, 1.54) is 19.2 Å². The molecule has 4 rings (SSSR count). The van der Waals surface area contributed by atoms with Crippen molar-refractivity contribution in [2.24, 2.45) is 11.8 Å². The fourth-order valence-corrected chi connectivity index (χ4v) is 4.28. The molecule has 1 saturated carbocycles. The van der Waals surface area contributed by atoms with Gasteiger partial charge in [0, 0.05) is 28.9 Å². The van der Waals surface area contributed by atoms with E-state index in [-0.39, 0.29) is 17.1 Å². The van der Waals surface area contributed by atoms with Gasteiger partial charge in [-0.1, -0.05) is 35.0 Å². The van der Waals surface area contributed by atoms with E-state index < -0.39 is 41.8 Å². The summed E-state index contributed by atoms with van der Waals surface area (Å²) < 4.78 is 38.3. The van der Waals surface area contributed by atoms with Gasteiger partial charge in [0.2, 0.25) is 5.91 Å². The lowest BCUT2D eigenvalue weighted by Gasteiger charge is -2.17. The topological polar surface area (TPSA) is 122 Å². The van der Waals surface area contributed by atoms with Gasteiger partial charge < -0.3 is 19.3 Å². The maximum atomic E-state index is 13.8. The number of halogens is 3. The Labute approximate surface area is 214 Å². The summed E-state index contributed by atoms with van der Waals surface area (Å²) in [5.41, 5.74) is 2.01. The number of aryl methyl sites for hydroxylation is 1. The van der Waals surface area contributed by atoms with Crippen molar-refractivity contribution in [1.29, 1.82) is 0 Å². The second kappa shape index (κ2) is 9.81. The van der Waals surface area contributed by atoms with Gasteiger partial charge >= 0.3 is 12.1 Å². The Hall–Kier alpha value is -3.99. The molecule has 0 aliphatic heterocycles. The molecule has 1 heterocycles. The highest BCUT2D eigenvalue weighted by Gasteiger charge is 2.76. The number of alkyl halides is 2. The van der Waals surface area contributed by atoms with Gasteiger partial charge in [-0.25, -0.2) is 13.6 Å². The van der Waals surface area contributed by atoms with Crippen molar-refractivity contribution in [3.63, 3.8) is 0 Å². The van der Waals surface area contributed by atoms with Crippen molar-refractivity contribution in [2.45, 2.75) is 25.9 Å². The van der Waals surface area contributed by atoms with E-state index >= 15 is 0 Å². The first kappa shape index (κ1) is 26.1. The summed E-state index contributed by atoms with van der Waals surface area (Å²) in [6.07, 6.45) is -1.40. The molecule has 12 heteroatoms. The molecule has 0 saturated heterocycles. The van der Waals surface area contributed by atoms with E-state index in [0.717, 1.165) is 4.90 Å². The van der Waals surface area contributed by atoms with Crippen LogP contribution in [-0.4, -0.2) is 41.2 Å². The highest BCUT2D eigenvalue weighted by atomic mass is 35.5. The third kappa shape index (κ3) is 4.99. The SMILES string of the molecule is Cc1noc(-c2ccc(N(C)C(=O)[C@H]3[C@H](C(=O)O)C3(F)F)cc2)c1NC(=O)O[C@H](C)c1ccccc1Cl. The van der Waals surface area contributed by atoms with Crippen molar-refractivity contribution >= 4 is 40.9 Å². The van der Waals surface area contributed by atoms with E-state index in [4.69, 9.17) is 26.0 Å². The molecule has 0 spiro atoms. The normalized spacial score (nSPS) is 18.5. The van der Waals surface area contributed by atoms with Gasteiger partial charge in [-0.3, -0.25) is 14.9 Å². The second-order valence-corrected chi connectivity index (χ2v) is 8.99. The molecule has 2 N–H and O–H groups in total. The van der Waals surface area contributed by atoms with Crippen LogP contribution in [0, 0.1) is 18.8 Å². The number of hydrogen-bond acceptors (Lipinski definition) is 6. The summed E-state index contributed by atoms with van der Waals surface area (Å²) in [4.78, 5) is 37.0. The lowest BCUT2D eigenvalue weighted by Crippen LogP contribution is -2.30. The first-order valence-electron chi connectivity index (χ1n) is 11.1. The molecule has 1 aliphatic carbocycles. The Morgan fingerprint density at radius 1 is 1.16 bits per heavy atom. The number of aliphatic carboxylic acids is 1. The molecule has 3 atom stereocenters. The van der Waals surface area contributed by atoms with Crippen LogP contribution in [-0.2, 0) is 14.3 Å². The monoisotopic (exact) mass is 533 g/mol. The zero-order valence-electron chi connectivity index (χ0n) is 19.9. The maximum Gasteiger partial charge on any atom is 0.412 e. The van der Waals surface area contributed by atoms with Crippen LogP contribution < -0.4 is 10.2 Å². The van der Waals surface area contributed by atoms with Crippen LogP contribution in [0.3, 0.4) is 0 Å². The smallest absolute Gasteiger partial charge is 0.412 e. The zero-order chi connectivity index (χ0) is 27.1. The molecule has 0 bridgehead atoms. The number of nitrogens with zero attached hydrogens (tertiary/aromatic N) is 2. The Morgan fingerprint density at radius 3 is 2.41 bits per heavy atom. The fraction of sp³-hybridized carbons (Fsp3) is 0.280. The van der Waals surface area contributed by atoms with Crippen LogP contribution in [0.4, 0.5) is 25.0 Å². The van der Waals surface area contributed by atoms with E-state index in [1.807, 2.05) is 0 Å². The van der Waals surface area contributed by atoms with Crippen molar-refractivity contribution < 1.29 is 37.5 Å². The van der Waals surface area contributed by atoms with Gasteiger partial charge in [-0.2, -0.15) is 0 Å². The average Bonchev–Trinajstić information content (AvgIpc) is 3.27. The minimum atomic E-state index is -3.59. The number of carbonyl (C=O) groups is 3. The summed E-state index contributed by atoms with van der Waals surface area (Å²) in [7, 11) is 1.28. The van der Waals surface area contributed by atoms with Gasteiger partial charge in [-0.15, -0.1) is 0 Å². The molecule has 0 radical (unpaired) electrons. The van der Waals surface area contributed by atoms with Crippen molar-refractivity contribution in [3.8, 4) is 11.3 Å². The third-order valence-corrected chi connectivity index (χ3v) is 6.49. The zero-order valence-corrected chi connectivity index (χ0v) is 20.6. The highest BCUT2D eigenvalue weighted by molar-refractivity contribution is 6.31. The van der Waals surface area contributed by atoms with E-state index in [9.17, 15) is 23.2 Å². The van der Waals surface area contributed by atoms with Crippen LogP contribution in [0.5, 0.6) is 0 Å². The predicted octanol–water partition coefficient (Wildman–Crippen LogP) is 5.54. The number of rotatable bonds is 7. The molecular weight excluding hydrogens is 512 g/mol. The van der Waals surface area contributed by atoms with Crippen LogP contribution in [0.15, 0.2) is 53.1 Å². The third-order valence-electron chi connectivity index (χ3n) is 6.15. The maximum absolute atomic E-state index is 13.8. The Balaban J connectivity index is 1.47. The number of amides is 2. The number of hydrogen-bond donors (Lipinski definition) is 2. The Morgan fingerprint density at radius 2 is 1.81 bits per heavy atom. The molecule has 194 valence electrons. The largest absolute Gasteiger partial charge is 0.481 e. The molecule has 1 aromatic heterocycles. The molecule has 3 aromatic rings. The Bertz CT molecular complexity index is 1360. The molecule has 2 amide bonds. The minimum absolute atomic E-state index is 0.208. The van der Waals surface area contributed by atoms with Gasteiger partial charge in [0.1, 0.15) is 29.3 Å². The number of anilines is 2. The van der Waals surface area contributed by atoms with Crippen molar-refractivity contribution in [3.05, 3.63) is 64.8 Å². The number of nitrogens with one attached hydrogen (secondary N) is 1. The average molecular weight is 534 g/mol. The van der Waals surface area contributed by atoms with E-state index in [1.54, 1.807) is 50.2 Å². The quantitative estimate of drug-likeness (QED) is 0.408. The first-order chi connectivity index (χ1) is 17.4. The summed E-state index contributed by atoms with van der Waals surface area (Å²) in [5, 5.41) is 15.9. The lowest BCUT2D eigenvalue weighted by atomic mass is 10.1. The summed E-state index contributed by atoms with van der Waals surface area (Å²) in [5.74, 6) is -10.0. The van der Waals surface area contributed by atoms with Crippen molar-refractivity contribution in [1.82, 2.24) is 5.16 Å². The molecular formula is C25H22ClF2N3O6. The molecule has 37 heavy (non-hydrogen) atoms.